The fraction of sp³-hybridized carbons (Fsp3) is 0.476. The van der Waals surface area contributed by atoms with E-state index in [1.165, 1.54) is 5.56 Å². The number of likely N-dealkylation sites (N-methyl/N-ethyl adjacent to an activating group) is 1. The first-order valence-electron chi connectivity index (χ1n) is 10.1. The van der Waals surface area contributed by atoms with Crippen LogP contribution in [0.15, 0.2) is 41.1 Å². The third-order valence-electron chi connectivity index (χ3n) is 5.14. The number of nitrogens with zero attached hydrogens (tertiary/aromatic N) is 2. The van der Waals surface area contributed by atoms with Crippen molar-refractivity contribution >= 4 is 11.9 Å². The number of aromatic nitrogens is 1. The van der Waals surface area contributed by atoms with Gasteiger partial charge in [-0.15, -0.1) is 0 Å². The van der Waals surface area contributed by atoms with Gasteiger partial charge in [-0.3, -0.25) is 9.69 Å². The lowest BCUT2D eigenvalue weighted by atomic mass is 9.85. The second kappa shape index (κ2) is 11.6. The van der Waals surface area contributed by atoms with Gasteiger partial charge in [0, 0.05) is 30.6 Å². The van der Waals surface area contributed by atoms with Gasteiger partial charge in [0.1, 0.15) is 6.26 Å². The molecule has 1 saturated carbocycles. The molecule has 0 atom stereocenters. The minimum atomic E-state index is -5.08. The Bertz CT molecular complexity index is 867. The van der Waals surface area contributed by atoms with Crippen molar-refractivity contribution in [2.24, 2.45) is 0 Å². The molecule has 0 bridgehead atoms. The maximum atomic E-state index is 10.9. The first-order chi connectivity index (χ1) is 15.1. The van der Waals surface area contributed by atoms with Gasteiger partial charge in [0.05, 0.1) is 12.2 Å². The SMILES string of the molecule is CCN(CC(=O)O)C1CC(NCc2conc2Cc2ccccc2)C1.O=C(O)C(F)(F)F. The molecular formula is C21H26F3N3O5. The number of carbonyl (C=O) groups is 2. The predicted octanol–water partition coefficient (Wildman–Crippen LogP) is 2.93. The summed E-state index contributed by atoms with van der Waals surface area (Å²) < 4.78 is 36.9. The van der Waals surface area contributed by atoms with Gasteiger partial charge in [-0.2, -0.15) is 13.2 Å². The number of rotatable bonds is 9. The largest absolute Gasteiger partial charge is 0.490 e. The van der Waals surface area contributed by atoms with Gasteiger partial charge in [-0.25, -0.2) is 4.79 Å². The zero-order valence-corrected chi connectivity index (χ0v) is 17.5. The van der Waals surface area contributed by atoms with E-state index in [1.807, 2.05) is 30.0 Å². The molecule has 2 aromatic rings. The van der Waals surface area contributed by atoms with E-state index in [2.05, 4.69) is 22.6 Å². The molecule has 176 valence electrons. The van der Waals surface area contributed by atoms with E-state index in [-0.39, 0.29) is 6.54 Å². The molecule has 1 aromatic heterocycles. The molecule has 1 heterocycles. The van der Waals surface area contributed by atoms with Crippen LogP contribution in [0.3, 0.4) is 0 Å². The van der Waals surface area contributed by atoms with Crippen molar-refractivity contribution in [2.75, 3.05) is 13.1 Å². The average Bonchev–Trinajstić information content (AvgIpc) is 3.13. The van der Waals surface area contributed by atoms with Gasteiger partial charge < -0.3 is 20.1 Å². The molecule has 0 spiro atoms. The number of benzene rings is 1. The van der Waals surface area contributed by atoms with Crippen molar-refractivity contribution in [1.82, 2.24) is 15.4 Å². The Labute approximate surface area is 183 Å². The van der Waals surface area contributed by atoms with E-state index >= 15 is 0 Å². The maximum Gasteiger partial charge on any atom is 0.490 e. The summed E-state index contributed by atoms with van der Waals surface area (Å²) >= 11 is 0. The summed E-state index contributed by atoms with van der Waals surface area (Å²) in [4.78, 5) is 21.8. The number of halogens is 3. The van der Waals surface area contributed by atoms with E-state index in [4.69, 9.17) is 19.5 Å². The van der Waals surface area contributed by atoms with Crippen LogP contribution < -0.4 is 5.32 Å². The fourth-order valence-electron chi connectivity index (χ4n) is 3.34. The van der Waals surface area contributed by atoms with Crippen molar-refractivity contribution in [2.45, 2.75) is 51.0 Å². The van der Waals surface area contributed by atoms with Gasteiger partial charge in [0.2, 0.25) is 0 Å². The van der Waals surface area contributed by atoms with E-state index in [0.717, 1.165) is 43.6 Å². The summed E-state index contributed by atoms with van der Waals surface area (Å²) in [5.41, 5.74) is 3.27. The number of carboxylic acids is 2. The highest BCUT2D eigenvalue weighted by atomic mass is 19.4. The molecule has 3 rings (SSSR count). The highest BCUT2D eigenvalue weighted by Crippen LogP contribution is 2.26. The Morgan fingerprint density at radius 2 is 1.84 bits per heavy atom. The van der Waals surface area contributed by atoms with E-state index in [9.17, 15) is 18.0 Å². The Morgan fingerprint density at radius 3 is 2.38 bits per heavy atom. The van der Waals surface area contributed by atoms with Crippen LogP contribution in [0.25, 0.3) is 0 Å². The lowest BCUT2D eigenvalue weighted by Crippen LogP contribution is -2.53. The second-order valence-corrected chi connectivity index (χ2v) is 7.41. The van der Waals surface area contributed by atoms with Crippen LogP contribution in [0, 0.1) is 0 Å². The smallest absolute Gasteiger partial charge is 0.480 e. The molecular weight excluding hydrogens is 431 g/mol. The Morgan fingerprint density at radius 1 is 1.22 bits per heavy atom. The van der Waals surface area contributed by atoms with Crippen molar-refractivity contribution in [3.05, 3.63) is 53.4 Å². The molecule has 1 aliphatic carbocycles. The summed E-state index contributed by atoms with van der Waals surface area (Å²) in [6, 6.07) is 11.0. The summed E-state index contributed by atoms with van der Waals surface area (Å²) in [6.45, 7) is 3.64. The van der Waals surface area contributed by atoms with Crippen LogP contribution >= 0.6 is 0 Å². The number of nitrogens with one attached hydrogen (secondary N) is 1. The molecule has 1 aromatic carbocycles. The van der Waals surface area contributed by atoms with Gasteiger partial charge in [-0.1, -0.05) is 42.4 Å². The van der Waals surface area contributed by atoms with Gasteiger partial charge in [0.25, 0.3) is 0 Å². The minimum absolute atomic E-state index is 0.126. The molecule has 11 heteroatoms. The van der Waals surface area contributed by atoms with Crippen molar-refractivity contribution < 1.29 is 37.5 Å². The summed E-state index contributed by atoms with van der Waals surface area (Å²) in [5, 5.41) is 23.7. The number of carboxylic acid groups (broad SMARTS) is 2. The van der Waals surface area contributed by atoms with E-state index in [0.29, 0.717) is 12.1 Å². The van der Waals surface area contributed by atoms with E-state index < -0.39 is 18.1 Å². The topological polar surface area (TPSA) is 116 Å². The third kappa shape index (κ3) is 7.97. The first kappa shape index (κ1) is 25.3. The quantitative estimate of drug-likeness (QED) is 0.527. The predicted molar refractivity (Wildman–Crippen MR) is 108 cm³/mol. The molecule has 1 aliphatic rings. The Hall–Kier alpha value is -2.92. The van der Waals surface area contributed by atoms with Crippen molar-refractivity contribution in [3.8, 4) is 0 Å². The minimum Gasteiger partial charge on any atom is -0.480 e. The standard InChI is InChI=1S/C19H25N3O3.C2HF3O2/c1-2-22(12-19(23)24)17-9-16(10-17)20-11-15-13-25-21-18(15)8-14-6-4-3-5-7-14;3-2(4,5)1(6)7/h3-7,13,16-17,20H,2,8-12H2,1H3,(H,23,24);(H,6,7). The summed E-state index contributed by atoms with van der Waals surface area (Å²) in [5.74, 6) is -3.51. The highest BCUT2D eigenvalue weighted by molar-refractivity contribution is 5.73. The highest BCUT2D eigenvalue weighted by Gasteiger charge is 2.38. The van der Waals surface area contributed by atoms with Gasteiger partial charge >= 0.3 is 18.1 Å². The molecule has 8 nitrogen and oxygen atoms in total. The lowest BCUT2D eigenvalue weighted by Gasteiger charge is -2.42. The van der Waals surface area contributed by atoms with Crippen LogP contribution in [0.2, 0.25) is 0 Å². The number of hydrogen-bond donors (Lipinski definition) is 3. The molecule has 3 N–H and O–H groups in total. The van der Waals surface area contributed by atoms with Crippen LogP contribution in [0.4, 0.5) is 13.2 Å². The monoisotopic (exact) mass is 457 g/mol. The van der Waals surface area contributed by atoms with Crippen LogP contribution in [0.1, 0.15) is 36.6 Å². The number of alkyl halides is 3. The van der Waals surface area contributed by atoms with Crippen LogP contribution in [0.5, 0.6) is 0 Å². The Balaban J connectivity index is 0.000000451. The van der Waals surface area contributed by atoms with E-state index in [1.54, 1.807) is 6.26 Å². The van der Waals surface area contributed by atoms with Crippen LogP contribution in [-0.4, -0.2) is 63.6 Å². The molecule has 0 unspecified atom stereocenters. The van der Waals surface area contributed by atoms with Gasteiger partial charge in [0.15, 0.2) is 0 Å². The second-order valence-electron chi connectivity index (χ2n) is 7.41. The first-order valence-corrected chi connectivity index (χ1v) is 10.1. The normalized spacial score (nSPS) is 17.9. The van der Waals surface area contributed by atoms with Crippen LogP contribution in [-0.2, 0) is 22.6 Å². The fourth-order valence-corrected chi connectivity index (χ4v) is 3.34. The molecule has 0 amide bonds. The van der Waals surface area contributed by atoms with Gasteiger partial charge in [-0.05, 0) is 24.9 Å². The molecule has 32 heavy (non-hydrogen) atoms. The molecule has 1 fully saturated rings. The molecule has 0 radical (unpaired) electrons. The van der Waals surface area contributed by atoms with Crippen molar-refractivity contribution in [1.29, 1.82) is 0 Å². The van der Waals surface area contributed by atoms with Crippen molar-refractivity contribution in [3.63, 3.8) is 0 Å². The molecule has 0 aliphatic heterocycles. The summed E-state index contributed by atoms with van der Waals surface area (Å²) in [7, 11) is 0. The number of hydrogen-bond acceptors (Lipinski definition) is 6. The zero-order chi connectivity index (χ0) is 23.7. The Kier molecular flexibility index (Phi) is 9.21. The maximum absolute atomic E-state index is 10.9. The third-order valence-corrected chi connectivity index (χ3v) is 5.14. The lowest BCUT2D eigenvalue weighted by molar-refractivity contribution is -0.192. The summed E-state index contributed by atoms with van der Waals surface area (Å²) in [6.07, 6.45) is -0.630. The molecule has 0 saturated heterocycles. The average molecular weight is 457 g/mol. The number of aliphatic carboxylic acids is 2. The zero-order valence-electron chi connectivity index (χ0n) is 17.5.